The molecule has 0 bridgehead atoms. The summed E-state index contributed by atoms with van der Waals surface area (Å²) >= 11 is 5.90. The van der Waals surface area contributed by atoms with E-state index in [0.29, 0.717) is 11.4 Å². The van der Waals surface area contributed by atoms with Crippen LogP contribution in [0.5, 0.6) is 0 Å². The minimum Gasteiger partial charge on any atom is -0.225 e. The number of hydrogen-bond acceptors (Lipinski definition) is 2. The van der Waals surface area contributed by atoms with E-state index in [0.717, 1.165) is 11.1 Å². The van der Waals surface area contributed by atoms with Crippen molar-refractivity contribution in [3.05, 3.63) is 64.7 Å². The van der Waals surface area contributed by atoms with Gasteiger partial charge in [0.15, 0.2) is 0 Å². The molecular formula is C13H12ClNO2S. The van der Waals surface area contributed by atoms with Crippen LogP contribution in [0.2, 0.25) is 5.02 Å². The maximum absolute atomic E-state index is 11.1. The summed E-state index contributed by atoms with van der Waals surface area (Å²) in [5.41, 5.74) is 2.08. The molecule has 2 aromatic rings. The molecule has 2 rings (SSSR count). The fraction of sp³-hybridized carbons (Fsp3) is 0.0769. The summed E-state index contributed by atoms with van der Waals surface area (Å²) in [5, 5.41) is 5.72. The molecule has 0 radical (unpaired) electrons. The van der Waals surface area contributed by atoms with Gasteiger partial charge in [-0.15, -0.1) is 0 Å². The van der Waals surface area contributed by atoms with Crippen molar-refractivity contribution in [2.75, 3.05) is 0 Å². The van der Waals surface area contributed by atoms with Crippen molar-refractivity contribution in [3.8, 4) is 0 Å². The maximum atomic E-state index is 11.1. The Hall–Kier alpha value is -1.36. The first kappa shape index (κ1) is 13.1. The number of hydrogen-bond donors (Lipinski definition) is 1. The predicted octanol–water partition coefficient (Wildman–Crippen LogP) is 2.58. The second kappa shape index (κ2) is 5.10. The quantitative estimate of drug-likeness (QED) is 0.940. The van der Waals surface area contributed by atoms with Gasteiger partial charge in [0.2, 0.25) is 10.0 Å². The molecule has 0 fully saturated rings. The van der Waals surface area contributed by atoms with Gasteiger partial charge in [-0.2, -0.15) is 0 Å². The van der Waals surface area contributed by atoms with Gasteiger partial charge in [-0.3, -0.25) is 0 Å². The standard InChI is InChI=1S/C13H12ClNO2S/c14-12-3-1-2-11(9-12)8-10-4-6-13(7-5-10)18(15,16)17/h1-7,9H,8H2,(H2,15,16,17). The third kappa shape index (κ3) is 3.32. The summed E-state index contributed by atoms with van der Waals surface area (Å²) in [5.74, 6) is 0. The molecule has 2 aromatic carbocycles. The Morgan fingerprint density at radius 3 is 2.22 bits per heavy atom. The zero-order chi connectivity index (χ0) is 13.2. The highest BCUT2D eigenvalue weighted by molar-refractivity contribution is 7.89. The van der Waals surface area contributed by atoms with Crippen LogP contribution in [0, 0.1) is 0 Å². The van der Waals surface area contributed by atoms with Crippen molar-refractivity contribution >= 4 is 21.6 Å². The summed E-state index contributed by atoms with van der Waals surface area (Å²) < 4.78 is 22.2. The number of sulfonamides is 1. The normalized spacial score (nSPS) is 11.4. The van der Waals surface area contributed by atoms with Gasteiger partial charge in [-0.25, -0.2) is 13.6 Å². The number of benzene rings is 2. The first-order valence-corrected chi connectivity index (χ1v) is 7.24. The Morgan fingerprint density at radius 1 is 1.00 bits per heavy atom. The highest BCUT2D eigenvalue weighted by Crippen LogP contribution is 2.16. The minimum atomic E-state index is -3.62. The van der Waals surface area contributed by atoms with Crippen LogP contribution in [0.3, 0.4) is 0 Å². The van der Waals surface area contributed by atoms with E-state index in [1.54, 1.807) is 12.1 Å². The molecule has 2 N–H and O–H groups in total. The third-order valence-corrected chi connectivity index (χ3v) is 3.71. The van der Waals surface area contributed by atoms with E-state index < -0.39 is 10.0 Å². The minimum absolute atomic E-state index is 0.123. The second-order valence-electron chi connectivity index (χ2n) is 4.00. The number of nitrogens with two attached hydrogens (primary N) is 1. The van der Waals surface area contributed by atoms with Crippen LogP contribution in [0.4, 0.5) is 0 Å². The molecule has 0 aromatic heterocycles. The molecule has 18 heavy (non-hydrogen) atoms. The van der Waals surface area contributed by atoms with Gasteiger partial charge in [-0.05, 0) is 41.8 Å². The lowest BCUT2D eigenvalue weighted by atomic mass is 10.1. The van der Waals surface area contributed by atoms with Crippen molar-refractivity contribution in [2.45, 2.75) is 11.3 Å². The molecule has 0 saturated heterocycles. The lowest BCUT2D eigenvalue weighted by molar-refractivity contribution is 0.598. The molecule has 94 valence electrons. The lowest BCUT2D eigenvalue weighted by Crippen LogP contribution is -2.11. The molecule has 0 atom stereocenters. The van der Waals surface area contributed by atoms with Gasteiger partial charge >= 0.3 is 0 Å². The van der Waals surface area contributed by atoms with Crippen LogP contribution in [0.15, 0.2) is 53.4 Å². The fourth-order valence-electron chi connectivity index (χ4n) is 1.68. The van der Waals surface area contributed by atoms with E-state index in [4.69, 9.17) is 16.7 Å². The predicted molar refractivity (Wildman–Crippen MR) is 72.1 cm³/mol. The summed E-state index contributed by atoms with van der Waals surface area (Å²) in [6, 6.07) is 14.1. The zero-order valence-corrected chi connectivity index (χ0v) is 11.1. The smallest absolute Gasteiger partial charge is 0.225 e. The molecule has 0 aliphatic heterocycles. The maximum Gasteiger partial charge on any atom is 0.238 e. The van der Waals surface area contributed by atoms with E-state index in [1.165, 1.54) is 12.1 Å². The number of primary sulfonamides is 1. The Morgan fingerprint density at radius 2 is 1.67 bits per heavy atom. The molecule has 0 saturated carbocycles. The summed E-state index contributed by atoms with van der Waals surface area (Å²) in [4.78, 5) is 0.123. The second-order valence-corrected chi connectivity index (χ2v) is 5.99. The van der Waals surface area contributed by atoms with Crippen molar-refractivity contribution in [1.29, 1.82) is 0 Å². The first-order valence-electron chi connectivity index (χ1n) is 5.31. The van der Waals surface area contributed by atoms with E-state index >= 15 is 0 Å². The Bertz CT molecular complexity index is 651. The van der Waals surface area contributed by atoms with E-state index in [-0.39, 0.29) is 4.90 Å². The summed E-state index contributed by atoms with van der Waals surface area (Å²) in [6.45, 7) is 0. The Kier molecular flexibility index (Phi) is 3.71. The highest BCUT2D eigenvalue weighted by Gasteiger charge is 2.06. The molecular weight excluding hydrogens is 270 g/mol. The summed E-state index contributed by atoms with van der Waals surface area (Å²) in [7, 11) is -3.62. The largest absolute Gasteiger partial charge is 0.238 e. The van der Waals surface area contributed by atoms with Crippen LogP contribution in [0.1, 0.15) is 11.1 Å². The van der Waals surface area contributed by atoms with Gasteiger partial charge < -0.3 is 0 Å². The van der Waals surface area contributed by atoms with Gasteiger partial charge in [-0.1, -0.05) is 35.9 Å². The molecule has 0 spiro atoms. The average molecular weight is 282 g/mol. The van der Waals surface area contributed by atoms with Gasteiger partial charge in [0.1, 0.15) is 0 Å². The topological polar surface area (TPSA) is 60.2 Å². The molecule has 0 heterocycles. The van der Waals surface area contributed by atoms with Gasteiger partial charge in [0.05, 0.1) is 4.90 Å². The van der Waals surface area contributed by atoms with Crippen LogP contribution >= 0.6 is 11.6 Å². The van der Waals surface area contributed by atoms with Crippen LogP contribution in [-0.2, 0) is 16.4 Å². The van der Waals surface area contributed by atoms with Crippen molar-refractivity contribution in [2.24, 2.45) is 5.14 Å². The van der Waals surface area contributed by atoms with Crippen molar-refractivity contribution < 1.29 is 8.42 Å². The van der Waals surface area contributed by atoms with E-state index in [1.807, 2.05) is 24.3 Å². The van der Waals surface area contributed by atoms with Gasteiger partial charge in [0, 0.05) is 5.02 Å². The first-order chi connectivity index (χ1) is 8.45. The summed E-state index contributed by atoms with van der Waals surface area (Å²) in [6.07, 6.45) is 0.700. The lowest BCUT2D eigenvalue weighted by Gasteiger charge is -2.04. The highest BCUT2D eigenvalue weighted by atomic mass is 35.5. The molecule has 0 amide bonds. The van der Waals surface area contributed by atoms with Crippen molar-refractivity contribution in [1.82, 2.24) is 0 Å². The van der Waals surface area contributed by atoms with Crippen molar-refractivity contribution in [3.63, 3.8) is 0 Å². The van der Waals surface area contributed by atoms with E-state index in [2.05, 4.69) is 0 Å². The molecule has 0 aliphatic carbocycles. The molecule has 3 nitrogen and oxygen atoms in total. The zero-order valence-electron chi connectivity index (χ0n) is 9.51. The molecule has 5 heteroatoms. The number of rotatable bonds is 3. The number of halogens is 1. The Balaban J connectivity index is 2.21. The van der Waals surface area contributed by atoms with Crippen LogP contribution < -0.4 is 5.14 Å². The van der Waals surface area contributed by atoms with E-state index in [9.17, 15) is 8.42 Å². The fourth-order valence-corrected chi connectivity index (χ4v) is 2.41. The molecule has 0 unspecified atom stereocenters. The monoisotopic (exact) mass is 281 g/mol. The van der Waals surface area contributed by atoms with Crippen LogP contribution in [-0.4, -0.2) is 8.42 Å². The van der Waals surface area contributed by atoms with Gasteiger partial charge in [0.25, 0.3) is 0 Å². The third-order valence-electron chi connectivity index (χ3n) is 2.55. The van der Waals surface area contributed by atoms with Crippen LogP contribution in [0.25, 0.3) is 0 Å². The Labute approximate surface area is 111 Å². The molecule has 0 aliphatic rings. The average Bonchev–Trinajstić information content (AvgIpc) is 2.28. The SMILES string of the molecule is NS(=O)(=O)c1ccc(Cc2cccc(Cl)c2)cc1.